The Morgan fingerprint density at radius 1 is 1.27 bits per heavy atom. The summed E-state index contributed by atoms with van der Waals surface area (Å²) in [5, 5.41) is 1.05. The molecule has 4 rings (SSSR count). The minimum atomic E-state index is -0.154. The van der Waals surface area contributed by atoms with Crippen molar-refractivity contribution in [2.45, 2.75) is 32.5 Å². The highest BCUT2D eigenvalue weighted by molar-refractivity contribution is 5.96. The minimum Gasteiger partial charge on any atom is -0.460 e. The summed E-state index contributed by atoms with van der Waals surface area (Å²) in [6.07, 6.45) is 6.26. The van der Waals surface area contributed by atoms with Crippen molar-refractivity contribution >= 4 is 23.0 Å². The van der Waals surface area contributed by atoms with Crippen LogP contribution in [0.15, 0.2) is 34.8 Å². The summed E-state index contributed by atoms with van der Waals surface area (Å²) in [5.41, 5.74) is 1.87. The van der Waals surface area contributed by atoms with E-state index in [1.54, 1.807) is 6.08 Å². The lowest BCUT2D eigenvalue weighted by Gasteiger charge is -2.34. The van der Waals surface area contributed by atoms with Crippen LogP contribution < -0.4 is 0 Å². The number of carbonyl (C=O) groups is 1. The second kappa shape index (κ2) is 7.64. The van der Waals surface area contributed by atoms with E-state index < -0.39 is 0 Å². The zero-order chi connectivity index (χ0) is 17.9. The first-order valence-corrected chi connectivity index (χ1v) is 9.47. The fourth-order valence-corrected chi connectivity index (χ4v) is 3.90. The van der Waals surface area contributed by atoms with Gasteiger partial charge in [-0.3, -0.25) is 4.79 Å². The number of fused-ring (bicyclic) bond motifs is 1. The van der Waals surface area contributed by atoms with Crippen molar-refractivity contribution in [2.24, 2.45) is 5.92 Å². The largest absolute Gasteiger partial charge is 0.460 e. The first-order valence-electron chi connectivity index (χ1n) is 9.47. The molecule has 0 radical (unpaired) electrons. The number of benzene rings is 1. The monoisotopic (exact) mass is 355 g/mol. The van der Waals surface area contributed by atoms with Crippen LogP contribution in [0, 0.1) is 5.92 Å². The molecule has 138 valence electrons. The molecule has 0 unspecified atom stereocenters. The second-order valence-corrected chi connectivity index (χ2v) is 6.92. The van der Waals surface area contributed by atoms with Crippen LogP contribution >= 0.6 is 0 Å². The van der Waals surface area contributed by atoms with Gasteiger partial charge in [0.15, 0.2) is 6.29 Å². The van der Waals surface area contributed by atoms with Crippen molar-refractivity contribution in [3.05, 3.63) is 41.7 Å². The van der Waals surface area contributed by atoms with E-state index in [-0.39, 0.29) is 18.1 Å². The minimum absolute atomic E-state index is 0.0417. The van der Waals surface area contributed by atoms with Crippen molar-refractivity contribution in [1.29, 1.82) is 0 Å². The Balaban J connectivity index is 1.49. The number of hydrogen-bond acceptors (Lipinski definition) is 4. The maximum absolute atomic E-state index is 12.7. The number of likely N-dealkylation sites (tertiary alicyclic amines) is 1. The Bertz CT molecular complexity index is 803. The molecule has 5 nitrogen and oxygen atoms in total. The van der Waals surface area contributed by atoms with Crippen molar-refractivity contribution < 1.29 is 18.7 Å². The molecular weight excluding hydrogens is 330 g/mol. The summed E-state index contributed by atoms with van der Waals surface area (Å²) in [6.45, 7) is 4.86. The maximum Gasteiger partial charge on any atom is 0.246 e. The average Bonchev–Trinajstić information content (AvgIpc) is 3.34. The number of hydrogen-bond donors (Lipinski definition) is 0. The summed E-state index contributed by atoms with van der Waals surface area (Å²) in [7, 11) is 0. The lowest BCUT2D eigenvalue weighted by molar-refractivity contribution is -0.134. The van der Waals surface area contributed by atoms with Crippen LogP contribution in [0.4, 0.5) is 0 Å². The molecule has 2 saturated heterocycles. The van der Waals surface area contributed by atoms with Crippen LogP contribution in [0.25, 0.3) is 17.0 Å². The normalized spacial score (nSPS) is 21.9. The number of furan rings is 1. The number of piperidine rings is 1. The molecule has 26 heavy (non-hydrogen) atoms. The molecule has 3 heterocycles. The van der Waals surface area contributed by atoms with Gasteiger partial charge in [0.25, 0.3) is 0 Å². The van der Waals surface area contributed by atoms with Crippen LogP contribution in [0.2, 0.25) is 0 Å². The molecule has 1 aromatic heterocycles. The topological polar surface area (TPSA) is 51.9 Å². The Labute approximate surface area is 153 Å². The number of ether oxygens (including phenoxy) is 2. The van der Waals surface area contributed by atoms with E-state index in [0.29, 0.717) is 19.8 Å². The number of nitrogens with zero attached hydrogens (tertiary/aromatic N) is 1. The van der Waals surface area contributed by atoms with Crippen molar-refractivity contribution in [2.75, 3.05) is 26.3 Å². The highest BCUT2D eigenvalue weighted by Crippen LogP contribution is 2.28. The number of para-hydroxylation sites is 1. The molecular formula is C21H25NO4. The van der Waals surface area contributed by atoms with Gasteiger partial charge in [-0.2, -0.15) is 0 Å². The van der Waals surface area contributed by atoms with E-state index in [0.717, 1.165) is 48.1 Å². The lowest BCUT2D eigenvalue weighted by atomic mass is 9.97. The van der Waals surface area contributed by atoms with Crippen molar-refractivity contribution in [3.8, 4) is 0 Å². The van der Waals surface area contributed by atoms with Crippen LogP contribution in [0.1, 0.15) is 31.1 Å². The van der Waals surface area contributed by atoms with Gasteiger partial charge in [-0.05, 0) is 25.0 Å². The van der Waals surface area contributed by atoms with Gasteiger partial charge in [-0.25, -0.2) is 0 Å². The van der Waals surface area contributed by atoms with Crippen LogP contribution in [-0.4, -0.2) is 43.4 Å². The van der Waals surface area contributed by atoms with E-state index in [2.05, 4.69) is 6.92 Å². The SMILES string of the molecule is CCc1oc2ccccc2c1/C=C\C(=O)N1CCC[C@@H](C2OCCO2)C1. The van der Waals surface area contributed by atoms with Gasteiger partial charge in [0.05, 0.1) is 13.2 Å². The van der Waals surface area contributed by atoms with Crippen LogP contribution in [0.5, 0.6) is 0 Å². The molecule has 2 fully saturated rings. The van der Waals surface area contributed by atoms with Crippen LogP contribution in [0.3, 0.4) is 0 Å². The third-order valence-electron chi connectivity index (χ3n) is 5.23. The van der Waals surface area contributed by atoms with Gasteiger partial charge >= 0.3 is 0 Å². The van der Waals surface area contributed by atoms with Gasteiger partial charge in [0.1, 0.15) is 11.3 Å². The quantitative estimate of drug-likeness (QED) is 0.786. The Hall–Kier alpha value is -2.11. The summed E-state index contributed by atoms with van der Waals surface area (Å²) in [6, 6.07) is 7.95. The number of amides is 1. The van der Waals surface area contributed by atoms with Crippen molar-refractivity contribution in [1.82, 2.24) is 4.90 Å². The molecule has 2 aromatic rings. The maximum atomic E-state index is 12.7. The molecule has 1 aromatic carbocycles. The van der Waals surface area contributed by atoms with E-state index >= 15 is 0 Å². The lowest BCUT2D eigenvalue weighted by Crippen LogP contribution is -2.43. The van der Waals surface area contributed by atoms with Gasteiger partial charge in [-0.1, -0.05) is 25.1 Å². The molecule has 2 aliphatic rings. The first-order chi connectivity index (χ1) is 12.8. The molecule has 0 aliphatic carbocycles. The smallest absolute Gasteiger partial charge is 0.246 e. The highest BCUT2D eigenvalue weighted by atomic mass is 16.7. The molecule has 2 aliphatic heterocycles. The molecule has 0 bridgehead atoms. The first kappa shape index (κ1) is 17.3. The van der Waals surface area contributed by atoms with Crippen molar-refractivity contribution in [3.63, 3.8) is 0 Å². The summed E-state index contributed by atoms with van der Waals surface area (Å²) in [4.78, 5) is 14.6. The van der Waals surface area contributed by atoms with E-state index in [4.69, 9.17) is 13.9 Å². The molecule has 1 atom stereocenters. The number of rotatable bonds is 4. The molecule has 0 spiro atoms. The Morgan fingerprint density at radius 3 is 2.88 bits per heavy atom. The predicted octanol–water partition coefficient (Wildman–Crippen LogP) is 3.62. The third-order valence-corrected chi connectivity index (χ3v) is 5.23. The second-order valence-electron chi connectivity index (χ2n) is 6.92. The molecule has 5 heteroatoms. The number of carbonyl (C=O) groups excluding carboxylic acids is 1. The fraction of sp³-hybridized carbons (Fsp3) is 0.476. The van der Waals surface area contributed by atoms with E-state index in [1.165, 1.54) is 0 Å². The van der Waals surface area contributed by atoms with Gasteiger partial charge in [0, 0.05) is 42.5 Å². The predicted molar refractivity (Wildman–Crippen MR) is 99.6 cm³/mol. The molecule has 1 amide bonds. The number of aryl methyl sites for hydroxylation is 1. The average molecular weight is 355 g/mol. The zero-order valence-corrected chi connectivity index (χ0v) is 15.1. The summed E-state index contributed by atoms with van der Waals surface area (Å²) in [5.74, 6) is 1.23. The van der Waals surface area contributed by atoms with E-state index in [1.807, 2.05) is 35.2 Å². The van der Waals surface area contributed by atoms with Gasteiger partial charge in [0.2, 0.25) is 5.91 Å². The Morgan fingerprint density at radius 2 is 2.08 bits per heavy atom. The summed E-state index contributed by atoms with van der Waals surface area (Å²) >= 11 is 0. The summed E-state index contributed by atoms with van der Waals surface area (Å²) < 4.78 is 17.2. The fourth-order valence-electron chi connectivity index (χ4n) is 3.90. The standard InChI is InChI=1S/C21H25NO4/c1-2-18-17(16-7-3-4-8-19(16)26-18)9-10-20(23)22-11-5-6-15(14-22)21-24-12-13-25-21/h3-4,7-10,15,21H,2,5-6,11-14H2,1H3/b10-9-/t15-/m1/s1. The highest BCUT2D eigenvalue weighted by Gasteiger charge is 2.32. The molecule has 0 saturated carbocycles. The Kier molecular flexibility index (Phi) is 5.09. The van der Waals surface area contributed by atoms with Crippen LogP contribution in [-0.2, 0) is 20.7 Å². The molecule has 0 N–H and O–H groups in total. The zero-order valence-electron chi connectivity index (χ0n) is 15.1. The van der Waals surface area contributed by atoms with Gasteiger partial charge in [-0.15, -0.1) is 0 Å². The van der Waals surface area contributed by atoms with Gasteiger partial charge < -0.3 is 18.8 Å². The van der Waals surface area contributed by atoms with E-state index in [9.17, 15) is 4.79 Å². The third kappa shape index (κ3) is 3.41.